The van der Waals surface area contributed by atoms with Gasteiger partial charge in [0, 0.05) is 68.4 Å². The molecule has 0 spiro atoms. The lowest BCUT2D eigenvalue weighted by Crippen LogP contribution is -2.47. The van der Waals surface area contributed by atoms with Crippen LogP contribution in [0.1, 0.15) is 36.8 Å². The van der Waals surface area contributed by atoms with Crippen molar-refractivity contribution in [1.29, 1.82) is 0 Å². The molecule has 1 aliphatic rings. The number of piperazine rings is 1. The summed E-state index contributed by atoms with van der Waals surface area (Å²) in [6.45, 7) is 3.20. The lowest BCUT2D eigenvalue weighted by atomic mass is 9.99. The quantitative estimate of drug-likeness (QED) is 0.137. The maximum absolute atomic E-state index is 13.5. The number of non-ortho nitro benzene ring substituents is 1. The third-order valence-electron chi connectivity index (χ3n) is 8.72. The molecule has 258 valence electrons. The number of amides is 3. The topological polar surface area (TPSA) is 138 Å². The van der Waals surface area contributed by atoms with E-state index < -0.39 is 4.92 Å². The minimum atomic E-state index is -0.471. The van der Waals surface area contributed by atoms with Crippen molar-refractivity contribution in [2.45, 2.75) is 6.61 Å². The van der Waals surface area contributed by atoms with Crippen LogP contribution in [0.3, 0.4) is 0 Å². The Morgan fingerprint density at radius 1 is 0.843 bits per heavy atom. The molecule has 2 heterocycles. The van der Waals surface area contributed by atoms with E-state index in [2.05, 4.69) is 15.2 Å². The Morgan fingerprint density at radius 3 is 2.20 bits per heavy atom. The van der Waals surface area contributed by atoms with E-state index in [-0.39, 0.29) is 30.0 Å². The first-order valence-corrected chi connectivity index (χ1v) is 16.4. The van der Waals surface area contributed by atoms with Crippen molar-refractivity contribution in [3.63, 3.8) is 0 Å². The fourth-order valence-corrected chi connectivity index (χ4v) is 5.73. The van der Waals surface area contributed by atoms with E-state index in [9.17, 15) is 24.5 Å². The molecule has 1 saturated heterocycles. The number of carbonyl (C=O) groups excluding carboxylic acids is 3. The first-order valence-electron chi connectivity index (χ1n) is 16.4. The predicted octanol–water partition coefficient (Wildman–Crippen LogP) is 6.15. The largest absolute Gasteiger partial charge is 0.485 e. The lowest BCUT2D eigenvalue weighted by molar-refractivity contribution is -0.384. The SMILES string of the molecule is CN1CCN(C(=O)c2ccc(COc3ccccc3N(C)C(=O)c3ccc(NC(=O)c4ccccc4-c4ccc([N+](=O)[O-])cc4)cc3)nc2)CC1. The molecule has 0 aliphatic carbocycles. The second-order valence-electron chi connectivity index (χ2n) is 12.1. The molecule has 0 radical (unpaired) electrons. The number of likely N-dealkylation sites (N-methyl/N-ethyl adjacent to an activating group) is 1. The number of pyridine rings is 1. The molecule has 1 aliphatic heterocycles. The number of anilines is 2. The van der Waals surface area contributed by atoms with E-state index in [1.807, 2.05) is 24.1 Å². The third kappa shape index (κ3) is 8.09. The Kier molecular flexibility index (Phi) is 10.4. The zero-order valence-corrected chi connectivity index (χ0v) is 28.2. The van der Waals surface area contributed by atoms with Crippen molar-refractivity contribution in [3.05, 3.63) is 148 Å². The van der Waals surface area contributed by atoms with Crippen LogP contribution in [0.5, 0.6) is 5.75 Å². The molecule has 0 atom stereocenters. The van der Waals surface area contributed by atoms with Gasteiger partial charge in [0.15, 0.2) is 0 Å². The summed E-state index contributed by atoms with van der Waals surface area (Å²) in [6, 6.07) is 30.3. The van der Waals surface area contributed by atoms with E-state index in [0.717, 1.165) is 13.1 Å². The number of benzene rings is 4. The Hall–Kier alpha value is -6.40. The van der Waals surface area contributed by atoms with E-state index in [1.54, 1.807) is 98.2 Å². The molecule has 0 bridgehead atoms. The van der Waals surface area contributed by atoms with Gasteiger partial charge < -0.3 is 24.8 Å². The van der Waals surface area contributed by atoms with Gasteiger partial charge in [-0.1, -0.05) is 30.3 Å². The summed E-state index contributed by atoms with van der Waals surface area (Å²) in [5, 5.41) is 13.9. The molecule has 1 fully saturated rings. The van der Waals surface area contributed by atoms with Crippen LogP contribution in [0.4, 0.5) is 17.1 Å². The highest BCUT2D eigenvalue weighted by atomic mass is 16.6. The van der Waals surface area contributed by atoms with E-state index in [4.69, 9.17) is 4.74 Å². The number of aromatic nitrogens is 1. The number of nitrogens with one attached hydrogen (secondary N) is 1. The van der Waals surface area contributed by atoms with Crippen molar-refractivity contribution < 1.29 is 24.0 Å². The normalized spacial score (nSPS) is 12.9. The molecule has 6 rings (SSSR count). The number of hydrogen-bond donors (Lipinski definition) is 1. The Balaban J connectivity index is 1.08. The van der Waals surface area contributed by atoms with Crippen molar-refractivity contribution in [2.24, 2.45) is 0 Å². The van der Waals surface area contributed by atoms with Gasteiger partial charge in [-0.3, -0.25) is 29.5 Å². The lowest BCUT2D eigenvalue weighted by Gasteiger charge is -2.32. The van der Waals surface area contributed by atoms with Crippen molar-refractivity contribution in [3.8, 4) is 16.9 Å². The first kappa shape index (κ1) is 34.5. The van der Waals surface area contributed by atoms with Gasteiger partial charge in [0.25, 0.3) is 23.4 Å². The molecule has 3 amide bonds. The summed E-state index contributed by atoms with van der Waals surface area (Å²) in [5.41, 5.74) is 4.28. The number of hydrogen-bond acceptors (Lipinski definition) is 8. The zero-order valence-electron chi connectivity index (χ0n) is 28.2. The number of rotatable bonds is 10. The van der Waals surface area contributed by atoms with Gasteiger partial charge in [0.05, 0.1) is 21.9 Å². The monoisotopic (exact) mass is 684 g/mol. The number of para-hydroxylation sites is 2. The molecular formula is C39H36N6O6. The predicted molar refractivity (Wildman–Crippen MR) is 194 cm³/mol. The number of nitro benzene ring substituents is 1. The first-order chi connectivity index (χ1) is 24.7. The van der Waals surface area contributed by atoms with Crippen molar-refractivity contribution in [1.82, 2.24) is 14.8 Å². The summed E-state index contributed by atoms with van der Waals surface area (Å²) in [7, 11) is 3.70. The van der Waals surface area contributed by atoms with Crippen LogP contribution in [0, 0.1) is 10.1 Å². The number of ether oxygens (including phenoxy) is 1. The maximum atomic E-state index is 13.5. The minimum absolute atomic E-state index is 0.0334. The second kappa shape index (κ2) is 15.4. The average Bonchev–Trinajstić information content (AvgIpc) is 3.17. The van der Waals surface area contributed by atoms with Crippen molar-refractivity contribution in [2.75, 3.05) is 50.5 Å². The van der Waals surface area contributed by atoms with Gasteiger partial charge in [0.1, 0.15) is 12.4 Å². The third-order valence-corrected chi connectivity index (χ3v) is 8.72. The maximum Gasteiger partial charge on any atom is 0.269 e. The Labute approximate surface area is 295 Å². The highest BCUT2D eigenvalue weighted by molar-refractivity contribution is 6.10. The van der Waals surface area contributed by atoms with Gasteiger partial charge in [-0.15, -0.1) is 0 Å². The highest BCUT2D eigenvalue weighted by Crippen LogP contribution is 2.30. The standard InChI is InChI=1S/C39H36N6O6/c1-42-21-23-44(24-22-42)39(48)29-13-18-31(40-25-29)26-51-36-10-6-5-9-35(36)43(2)38(47)28-11-16-30(17-12-28)41-37(46)34-8-4-3-7-33(34)27-14-19-32(20-15-27)45(49)50/h3-20,25H,21-24,26H2,1-2H3,(H,41,46). The zero-order chi connectivity index (χ0) is 35.9. The molecule has 12 heteroatoms. The van der Waals surface area contributed by atoms with Gasteiger partial charge in [-0.25, -0.2) is 0 Å². The average molecular weight is 685 g/mol. The number of carbonyl (C=O) groups is 3. The van der Waals surface area contributed by atoms with E-state index in [0.29, 0.717) is 63.7 Å². The number of nitro groups is 1. The molecule has 0 unspecified atom stereocenters. The summed E-state index contributed by atoms with van der Waals surface area (Å²) >= 11 is 0. The number of nitrogens with zero attached hydrogens (tertiary/aromatic N) is 5. The van der Waals surface area contributed by atoms with E-state index >= 15 is 0 Å². The van der Waals surface area contributed by atoms with Gasteiger partial charge >= 0.3 is 0 Å². The van der Waals surface area contributed by atoms with Crippen molar-refractivity contribution >= 4 is 34.8 Å². The summed E-state index contributed by atoms with van der Waals surface area (Å²) in [6.07, 6.45) is 1.57. The van der Waals surface area contributed by atoms with Crippen LogP contribution in [0.25, 0.3) is 11.1 Å². The van der Waals surface area contributed by atoms with Gasteiger partial charge in [-0.05, 0) is 84.9 Å². The smallest absolute Gasteiger partial charge is 0.269 e. The molecule has 0 saturated carbocycles. The minimum Gasteiger partial charge on any atom is -0.485 e. The van der Waals surface area contributed by atoms with Crippen LogP contribution >= 0.6 is 0 Å². The fraction of sp³-hybridized carbons (Fsp3) is 0.179. The highest BCUT2D eigenvalue weighted by Gasteiger charge is 2.21. The Bertz CT molecular complexity index is 2040. The molecule has 1 N–H and O–H groups in total. The second-order valence-corrected chi connectivity index (χ2v) is 12.1. The summed E-state index contributed by atoms with van der Waals surface area (Å²) < 4.78 is 6.09. The molecule has 4 aromatic carbocycles. The summed E-state index contributed by atoms with van der Waals surface area (Å²) in [5.74, 6) is -0.188. The molecule has 12 nitrogen and oxygen atoms in total. The van der Waals surface area contributed by atoms with Crippen LogP contribution in [-0.4, -0.2) is 77.7 Å². The van der Waals surface area contributed by atoms with Gasteiger partial charge in [-0.2, -0.15) is 0 Å². The van der Waals surface area contributed by atoms with Crippen LogP contribution in [0.15, 0.2) is 115 Å². The van der Waals surface area contributed by atoms with Crippen LogP contribution in [-0.2, 0) is 6.61 Å². The molecule has 5 aromatic rings. The molecular weight excluding hydrogens is 648 g/mol. The van der Waals surface area contributed by atoms with E-state index in [1.165, 1.54) is 17.0 Å². The van der Waals surface area contributed by atoms with Crippen LogP contribution < -0.4 is 15.0 Å². The fourth-order valence-electron chi connectivity index (χ4n) is 5.73. The molecule has 1 aromatic heterocycles. The Morgan fingerprint density at radius 2 is 1.51 bits per heavy atom. The summed E-state index contributed by atoms with van der Waals surface area (Å²) in [4.78, 5) is 60.3. The van der Waals surface area contributed by atoms with Gasteiger partial charge in [0.2, 0.25) is 0 Å². The molecule has 51 heavy (non-hydrogen) atoms. The van der Waals surface area contributed by atoms with Crippen LogP contribution in [0.2, 0.25) is 0 Å².